The number of hydrogen-bond donors (Lipinski definition) is 0. The van der Waals surface area contributed by atoms with E-state index in [0.29, 0.717) is 19.0 Å². The van der Waals surface area contributed by atoms with Crippen LogP contribution in [0.3, 0.4) is 0 Å². The second kappa shape index (κ2) is 2.89. The van der Waals surface area contributed by atoms with E-state index >= 15 is 0 Å². The summed E-state index contributed by atoms with van der Waals surface area (Å²) in [5.41, 5.74) is 0. The number of hydrogen-bond acceptors (Lipinski definition) is 2. The van der Waals surface area contributed by atoms with Crippen LogP contribution in [0.5, 0.6) is 0 Å². The third-order valence-electron chi connectivity index (χ3n) is 2.46. The molecule has 0 spiro atoms. The van der Waals surface area contributed by atoms with Crippen molar-refractivity contribution in [2.75, 3.05) is 6.79 Å². The van der Waals surface area contributed by atoms with Crippen LogP contribution in [0.15, 0.2) is 0 Å². The summed E-state index contributed by atoms with van der Waals surface area (Å²) in [5, 5.41) is 0. The zero-order chi connectivity index (χ0) is 6.81. The monoisotopic (exact) mass is 142 g/mol. The molecule has 2 atom stereocenters. The lowest BCUT2D eigenvalue weighted by atomic mass is 10.1. The lowest BCUT2D eigenvalue weighted by Gasteiger charge is -2.11. The van der Waals surface area contributed by atoms with Crippen LogP contribution in [0.4, 0.5) is 0 Å². The molecule has 2 heteroatoms. The average molecular weight is 142 g/mol. The molecule has 1 aliphatic heterocycles. The summed E-state index contributed by atoms with van der Waals surface area (Å²) >= 11 is 0. The highest BCUT2D eigenvalue weighted by atomic mass is 16.7. The standard InChI is InChI=1S/C8H14O2/c1-2-4-7-8(5-3-1)10-6-9-7/h7-8H,1-6H2/t7-,8+. The second-order valence-electron chi connectivity index (χ2n) is 3.17. The van der Waals surface area contributed by atoms with E-state index in [4.69, 9.17) is 9.47 Å². The number of ether oxygens (including phenoxy) is 2. The van der Waals surface area contributed by atoms with Gasteiger partial charge in [-0.25, -0.2) is 0 Å². The van der Waals surface area contributed by atoms with E-state index in [-0.39, 0.29) is 0 Å². The maximum Gasteiger partial charge on any atom is 0.147 e. The summed E-state index contributed by atoms with van der Waals surface area (Å²) in [6.45, 7) is 0.537. The molecule has 0 N–H and O–H groups in total. The first-order valence-electron chi connectivity index (χ1n) is 4.20. The summed E-state index contributed by atoms with van der Waals surface area (Å²) in [4.78, 5) is 0. The first kappa shape index (κ1) is 6.62. The Morgan fingerprint density at radius 3 is 2.00 bits per heavy atom. The van der Waals surface area contributed by atoms with Gasteiger partial charge >= 0.3 is 0 Å². The molecule has 1 heterocycles. The normalized spacial score (nSPS) is 40.8. The molecule has 0 aromatic heterocycles. The molecule has 0 aromatic rings. The van der Waals surface area contributed by atoms with Gasteiger partial charge in [0, 0.05) is 0 Å². The highest BCUT2D eigenvalue weighted by molar-refractivity contribution is 4.76. The van der Waals surface area contributed by atoms with Crippen molar-refractivity contribution in [3.63, 3.8) is 0 Å². The zero-order valence-corrected chi connectivity index (χ0v) is 6.21. The zero-order valence-electron chi connectivity index (χ0n) is 6.21. The van der Waals surface area contributed by atoms with Gasteiger partial charge in [0.15, 0.2) is 0 Å². The van der Waals surface area contributed by atoms with E-state index in [9.17, 15) is 0 Å². The van der Waals surface area contributed by atoms with E-state index in [1.807, 2.05) is 0 Å². The minimum Gasteiger partial charge on any atom is -0.349 e. The Bertz CT molecular complexity index is 102. The van der Waals surface area contributed by atoms with Crippen LogP contribution in [0.2, 0.25) is 0 Å². The Hall–Kier alpha value is -0.0800. The van der Waals surface area contributed by atoms with Gasteiger partial charge < -0.3 is 9.47 Å². The first-order valence-corrected chi connectivity index (χ1v) is 4.20. The molecule has 0 radical (unpaired) electrons. The molecule has 10 heavy (non-hydrogen) atoms. The van der Waals surface area contributed by atoms with Gasteiger partial charge in [-0.3, -0.25) is 0 Å². The van der Waals surface area contributed by atoms with Crippen molar-refractivity contribution in [2.45, 2.75) is 44.3 Å². The predicted molar refractivity (Wildman–Crippen MR) is 37.7 cm³/mol. The van der Waals surface area contributed by atoms with Crippen LogP contribution in [-0.2, 0) is 9.47 Å². The highest BCUT2D eigenvalue weighted by Gasteiger charge is 2.29. The molecule has 2 aliphatic rings. The fourth-order valence-electron chi connectivity index (χ4n) is 1.83. The molecule has 58 valence electrons. The topological polar surface area (TPSA) is 18.5 Å². The van der Waals surface area contributed by atoms with Crippen LogP contribution >= 0.6 is 0 Å². The smallest absolute Gasteiger partial charge is 0.147 e. The third-order valence-corrected chi connectivity index (χ3v) is 2.46. The average Bonchev–Trinajstić information content (AvgIpc) is 2.28. The van der Waals surface area contributed by atoms with Crippen molar-refractivity contribution < 1.29 is 9.47 Å². The van der Waals surface area contributed by atoms with Crippen LogP contribution < -0.4 is 0 Å². The minimum absolute atomic E-state index is 0.433. The fraction of sp³-hybridized carbons (Fsp3) is 1.00. The first-order chi connectivity index (χ1) is 4.97. The van der Waals surface area contributed by atoms with Crippen LogP contribution in [-0.4, -0.2) is 19.0 Å². The Labute approximate surface area is 61.5 Å². The largest absolute Gasteiger partial charge is 0.349 e. The van der Waals surface area contributed by atoms with Gasteiger partial charge in [0.1, 0.15) is 6.79 Å². The van der Waals surface area contributed by atoms with Crippen molar-refractivity contribution in [2.24, 2.45) is 0 Å². The van der Waals surface area contributed by atoms with E-state index in [0.717, 1.165) is 0 Å². The molecule has 2 rings (SSSR count). The van der Waals surface area contributed by atoms with Gasteiger partial charge in [-0.15, -0.1) is 0 Å². The quantitative estimate of drug-likeness (QED) is 0.512. The van der Waals surface area contributed by atoms with Crippen molar-refractivity contribution in [3.8, 4) is 0 Å². The molecule has 0 amide bonds. The van der Waals surface area contributed by atoms with Gasteiger partial charge in [-0.05, 0) is 12.8 Å². The summed E-state index contributed by atoms with van der Waals surface area (Å²) in [6.07, 6.45) is 7.30. The molecule has 2 nitrogen and oxygen atoms in total. The van der Waals surface area contributed by atoms with Gasteiger partial charge in [0.2, 0.25) is 0 Å². The molecule has 1 saturated heterocycles. The molecular formula is C8H14O2. The van der Waals surface area contributed by atoms with Gasteiger partial charge in [0.05, 0.1) is 12.2 Å². The van der Waals surface area contributed by atoms with E-state index in [2.05, 4.69) is 0 Å². The molecule has 0 bridgehead atoms. The second-order valence-corrected chi connectivity index (χ2v) is 3.17. The van der Waals surface area contributed by atoms with Crippen LogP contribution in [0, 0.1) is 0 Å². The number of rotatable bonds is 0. The van der Waals surface area contributed by atoms with Gasteiger partial charge in [0.25, 0.3) is 0 Å². The van der Waals surface area contributed by atoms with E-state index < -0.39 is 0 Å². The lowest BCUT2D eigenvalue weighted by molar-refractivity contribution is 0.0341. The Morgan fingerprint density at radius 1 is 0.800 bits per heavy atom. The summed E-state index contributed by atoms with van der Waals surface area (Å²) in [5.74, 6) is 0. The summed E-state index contributed by atoms with van der Waals surface area (Å²) in [6, 6.07) is 0. The highest BCUT2D eigenvalue weighted by Crippen LogP contribution is 2.26. The lowest BCUT2D eigenvalue weighted by Crippen LogP contribution is -2.20. The van der Waals surface area contributed by atoms with Crippen LogP contribution in [0.1, 0.15) is 32.1 Å². The Kier molecular flexibility index (Phi) is 1.91. The molecule has 2 fully saturated rings. The maximum atomic E-state index is 5.41. The molecule has 0 aromatic carbocycles. The molecule has 0 unspecified atom stereocenters. The van der Waals surface area contributed by atoms with E-state index in [1.54, 1.807) is 0 Å². The van der Waals surface area contributed by atoms with Crippen molar-refractivity contribution in [3.05, 3.63) is 0 Å². The Morgan fingerprint density at radius 2 is 1.40 bits per heavy atom. The van der Waals surface area contributed by atoms with Gasteiger partial charge in [-0.1, -0.05) is 19.3 Å². The summed E-state index contributed by atoms with van der Waals surface area (Å²) < 4.78 is 10.8. The molecular weight excluding hydrogens is 128 g/mol. The van der Waals surface area contributed by atoms with Crippen molar-refractivity contribution in [1.29, 1.82) is 0 Å². The fourth-order valence-corrected chi connectivity index (χ4v) is 1.83. The van der Waals surface area contributed by atoms with Crippen LogP contribution in [0.25, 0.3) is 0 Å². The minimum atomic E-state index is 0.433. The SMILES string of the molecule is C1CC[C@@H]2OCO[C@@H]2CC1. The molecule has 1 saturated carbocycles. The summed E-state index contributed by atoms with van der Waals surface area (Å²) in [7, 11) is 0. The Balaban J connectivity index is 1.95. The van der Waals surface area contributed by atoms with Crippen molar-refractivity contribution in [1.82, 2.24) is 0 Å². The molecule has 1 aliphatic carbocycles. The number of fused-ring (bicyclic) bond motifs is 1. The van der Waals surface area contributed by atoms with Crippen molar-refractivity contribution >= 4 is 0 Å². The van der Waals surface area contributed by atoms with E-state index in [1.165, 1.54) is 32.1 Å². The maximum absolute atomic E-state index is 5.41. The van der Waals surface area contributed by atoms with Gasteiger partial charge in [-0.2, -0.15) is 0 Å². The predicted octanol–water partition coefficient (Wildman–Crippen LogP) is 1.69. The third kappa shape index (κ3) is 1.18.